The Hall–Kier alpha value is -0.790. The third kappa shape index (κ3) is 7.76. The molecule has 1 aromatic heterocycles. The summed E-state index contributed by atoms with van der Waals surface area (Å²) < 4.78 is 55.5. The summed E-state index contributed by atoms with van der Waals surface area (Å²) in [5, 5.41) is 0. The van der Waals surface area contributed by atoms with E-state index in [1.54, 1.807) is 0 Å². The van der Waals surface area contributed by atoms with Crippen LogP contribution in [-0.4, -0.2) is 66.2 Å². The van der Waals surface area contributed by atoms with Crippen LogP contribution in [0.4, 0.5) is 5.82 Å². The van der Waals surface area contributed by atoms with Crippen LogP contribution in [0.3, 0.4) is 0 Å². The van der Waals surface area contributed by atoms with Gasteiger partial charge in [0.25, 0.3) is 0 Å². The zero-order valence-corrected chi connectivity index (χ0v) is 18.3. The highest BCUT2D eigenvalue weighted by Gasteiger charge is 2.36. The van der Waals surface area contributed by atoms with Crippen molar-refractivity contribution in [3.05, 3.63) is 22.7 Å². The highest BCUT2D eigenvalue weighted by atomic mass is 32.1. The van der Waals surface area contributed by atoms with Crippen molar-refractivity contribution in [2.75, 3.05) is 45.1 Å². The number of phosphoric ester groups is 1. The molecule has 16 heteroatoms. The maximum atomic E-state index is 12.3. The van der Waals surface area contributed by atoms with Gasteiger partial charge in [0.1, 0.15) is 12.4 Å². The monoisotopic (exact) mass is 475 g/mol. The largest absolute Gasteiger partial charge is 0.479 e. The lowest BCUT2D eigenvalue weighted by atomic mass is 10.4. The number of phosphoric acid groups is 1. The van der Waals surface area contributed by atoms with Crippen molar-refractivity contribution in [2.45, 2.75) is 18.6 Å². The average Bonchev–Trinajstić information content (AvgIpc) is 3.09. The molecule has 1 aliphatic rings. The molecule has 2 heterocycles. The Balaban J connectivity index is 1.84. The number of ether oxygens (including phenoxy) is 3. The summed E-state index contributed by atoms with van der Waals surface area (Å²) in [6, 6.07) is 1.42. The lowest BCUT2D eigenvalue weighted by molar-refractivity contribution is -0.0949. The van der Waals surface area contributed by atoms with E-state index in [4.69, 9.17) is 29.0 Å². The lowest BCUT2D eigenvalue weighted by Crippen LogP contribution is -2.28. The van der Waals surface area contributed by atoms with Gasteiger partial charge in [0.05, 0.1) is 19.3 Å². The number of aromatic nitrogens is 2. The van der Waals surface area contributed by atoms with Crippen LogP contribution >= 0.6 is 28.0 Å². The van der Waals surface area contributed by atoms with Crippen molar-refractivity contribution in [1.82, 2.24) is 9.55 Å². The Kier molecular flexibility index (Phi) is 8.86. The minimum atomic E-state index is -4.68. The molecule has 5 atom stereocenters. The van der Waals surface area contributed by atoms with Gasteiger partial charge in [-0.1, -0.05) is 0 Å². The summed E-state index contributed by atoms with van der Waals surface area (Å²) in [4.78, 5) is 25.1. The minimum Gasteiger partial charge on any atom is -0.383 e. The summed E-state index contributed by atoms with van der Waals surface area (Å²) in [6.07, 6.45) is -0.945. The highest BCUT2D eigenvalue weighted by Crippen LogP contribution is 2.60. The zero-order chi connectivity index (χ0) is 21.7. The molecular weight excluding hydrogens is 452 g/mol. The second kappa shape index (κ2) is 10.5. The van der Waals surface area contributed by atoms with Gasteiger partial charge in [-0.05, 0) is 6.07 Å². The van der Waals surface area contributed by atoms with Crippen molar-refractivity contribution in [2.24, 2.45) is 0 Å². The molecule has 0 bridgehead atoms. The molecule has 0 spiro atoms. The smallest absolute Gasteiger partial charge is 0.383 e. The Labute approximate surface area is 172 Å². The van der Waals surface area contributed by atoms with Crippen molar-refractivity contribution < 1.29 is 41.6 Å². The second-order valence-electron chi connectivity index (χ2n) is 5.85. The third-order valence-corrected chi connectivity index (χ3v) is 7.07. The van der Waals surface area contributed by atoms with Crippen LogP contribution in [0.15, 0.2) is 17.1 Å². The fourth-order valence-electron chi connectivity index (χ4n) is 2.13. The first-order valence-electron chi connectivity index (χ1n) is 8.21. The lowest BCUT2D eigenvalue weighted by Gasteiger charge is -2.20. The van der Waals surface area contributed by atoms with Crippen molar-refractivity contribution in [3.8, 4) is 0 Å². The average molecular weight is 475 g/mol. The van der Waals surface area contributed by atoms with E-state index >= 15 is 0 Å². The molecule has 3 N–H and O–H groups in total. The van der Waals surface area contributed by atoms with Gasteiger partial charge in [-0.2, -0.15) is 17.6 Å². The number of nitrogen functional groups attached to an aromatic ring is 1. The predicted molar refractivity (Wildman–Crippen MR) is 104 cm³/mol. The first-order chi connectivity index (χ1) is 13.5. The molecule has 1 saturated heterocycles. The molecule has 0 aromatic carbocycles. The molecule has 0 radical (unpaired) electrons. The van der Waals surface area contributed by atoms with E-state index < -0.39 is 46.3 Å². The van der Waals surface area contributed by atoms with Gasteiger partial charge in [0.15, 0.2) is 12.5 Å². The molecule has 166 valence electrons. The maximum Gasteiger partial charge on any atom is 0.479 e. The number of thiol groups is 1. The van der Waals surface area contributed by atoms with Gasteiger partial charge in [-0.25, -0.2) is 13.7 Å². The number of nitrogens with zero attached hydrogens (tertiary/aromatic N) is 2. The van der Waals surface area contributed by atoms with E-state index in [0.717, 1.165) is 6.66 Å². The number of hydrogen-bond donors (Lipinski definition) is 3. The number of methoxy groups -OCH3 is 1. The van der Waals surface area contributed by atoms with Crippen LogP contribution in [0.25, 0.3) is 0 Å². The van der Waals surface area contributed by atoms with E-state index in [0.29, 0.717) is 0 Å². The molecule has 1 aromatic rings. The van der Waals surface area contributed by atoms with Gasteiger partial charge in [-0.3, -0.25) is 13.7 Å². The van der Waals surface area contributed by atoms with Crippen molar-refractivity contribution in [3.63, 3.8) is 0 Å². The van der Waals surface area contributed by atoms with Gasteiger partial charge >= 0.3 is 21.1 Å². The van der Waals surface area contributed by atoms with Crippen LogP contribution < -0.4 is 11.4 Å². The molecule has 29 heavy (non-hydrogen) atoms. The third-order valence-electron chi connectivity index (χ3n) is 3.55. The Morgan fingerprint density at radius 2 is 2.21 bits per heavy atom. The molecular formula is C13H23N3O10P2S. The van der Waals surface area contributed by atoms with E-state index in [2.05, 4.69) is 21.9 Å². The summed E-state index contributed by atoms with van der Waals surface area (Å²) in [5.74, 6) is 0.303. The second-order valence-corrected chi connectivity index (χ2v) is 9.86. The SMILES string of the molecule is COC(CS)COP(=O)(O)OP(C)(=O)OC[C@@H]1OC[C@H](n2ccc(N)nc2=O)O1. The van der Waals surface area contributed by atoms with Crippen LogP contribution in [-0.2, 0) is 36.7 Å². The first-order valence-corrected chi connectivity index (χ1v) is 12.3. The normalized spacial score (nSPS) is 24.7. The van der Waals surface area contributed by atoms with E-state index in [9.17, 15) is 18.8 Å². The molecule has 0 saturated carbocycles. The fourth-order valence-corrected chi connectivity index (χ4v) is 5.00. The molecule has 1 aliphatic heterocycles. The number of nitrogens with two attached hydrogens (primary N) is 1. The standard InChI is InChI=1S/C13H23N3O10P2S/c1-21-9(8-29)5-24-28(19,20)26-27(2,18)23-7-12-22-6-11(25-12)16-4-3-10(14)15-13(16)17/h3-4,9,11-12,29H,5-8H2,1-2H3,(H,19,20)(H2,14,15,17)/t9?,11-,12-,27?/m1/s1. The molecule has 3 unspecified atom stereocenters. The van der Waals surface area contributed by atoms with Crippen LogP contribution in [0.5, 0.6) is 0 Å². The van der Waals surface area contributed by atoms with Gasteiger partial charge in [0, 0.05) is 25.7 Å². The fraction of sp³-hybridized carbons (Fsp3) is 0.692. The van der Waals surface area contributed by atoms with Crippen molar-refractivity contribution >= 4 is 33.9 Å². The van der Waals surface area contributed by atoms with Crippen LogP contribution in [0.2, 0.25) is 0 Å². The summed E-state index contributed by atoms with van der Waals surface area (Å²) in [5.41, 5.74) is 4.80. The first kappa shape index (κ1) is 24.5. The Bertz CT molecular complexity index is 835. The van der Waals surface area contributed by atoms with E-state index in [1.165, 1.54) is 23.9 Å². The van der Waals surface area contributed by atoms with E-state index in [1.807, 2.05) is 0 Å². The van der Waals surface area contributed by atoms with E-state index in [-0.39, 0.29) is 24.8 Å². The van der Waals surface area contributed by atoms with Gasteiger partial charge in [0.2, 0.25) is 0 Å². The predicted octanol–water partition coefficient (Wildman–Crippen LogP) is 0.615. The maximum absolute atomic E-state index is 12.3. The highest BCUT2D eigenvalue weighted by molar-refractivity contribution is 7.80. The molecule has 2 rings (SSSR count). The molecule has 0 amide bonds. The molecule has 0 aliphatic carbocycles. The van der Waals surface area contributed by atoms with Crippen molar-refractivity contribution in [1.29, 1.82) is 0 Å². The quantitative estimate of drug-likeness (QED) is 0.301. The Morgan fingerprint density at radius 3 is 2.83 bits per heavy atom. The van der Waals surface area contributed by atoms with Crippen LogP contribution in [0, 0.1) is 0 Å². The topological polar surface area (TPSA) is 171 Å². The minimum absolute atomic E-state index is 0.00184. The Morgan fingerprint density at radius 1 is 1.48 bits per heavy atom. The van der Waals surface area contributed by atoms with Gasteiger partial charge < -0.3 is 29.4 Å². The summed E-state index contributed by atoms with van der Waals surface area (Å²) in [6.45, 7) is 0.304. The molecule has 13 nitrogen and oxygen atoms in total. The zero-order valence-electron chi connectivity index (χ0n) is 15.7. The number of rotatable bonds is 11. The molecule has 1 fully saturated rings. The van der Waals surface area contributed by atoms with Crippen LogP contribution in [0.1, 0.15) is 6.23 Å². The summed E-state index contributed by atoms with van der Waals surface area (Å²) >= 11 is 3.98. The number of hydrogen-bond acceptors (Lipinski definition) is 12. The van der Waals surface area contributed by atoms with Gasteiger partial charge in [-0.15, -0.1) is 0 Å². The summed E-state index contributed by atoms with van der Waals surface area (Å²) in [7, 11) is -7.30. The number of anilines is 1.